The molecule has 2 rings (SSSR count). The molecule has 1 N–H and O–H groups in total. The molecule has 1 aromatic heterocycles. The van der Waals surface area contributed by atoms with Crippen LogP contribution in [0.3, 0.4) is 0 Å². The van der Waals surface area contributed by atoms with Gasteiger partial charge in [-0.15, -0.1) is 0 Å². The van der Waals surface area contributed by atoms with Crippen molar-refractivity contribution in [1.29, 1.82) is 0 Å². The van der Waals surface area contributed by atoms with Crippen molar-refractivity contribution in [3.8, 4) is 22.8 Å². The largest absolute Gasteiger partial charge is 0.493 e. The third kappa shape index (κ3) is 2.82. The molecule has 0 amide bonds. The van der Waals surface area contributed by atoms with E-state index in [0.717, 1.165) is 23.5 Å². The second-order valence-electron chi connectivity index (χ2n) is 4.29. The summed E-state index contributed by atoms with van der Waals surface area (Å²) in [4.78, 5) is 8.87. The van der Waals surface area contributed by atoms with E-state index in [9.17, 15) is 0 Å². The molecule has 0 bridgehead atoms. The predicted octanol–water partition coefficient (Wildman–Crippen LogP) is 2.90. The molecule has 5 nitrogen and oxygen atoms in total. The Labute approximate surface area is 119 Å². The minimum atomic E-state index is 0.618. The van der Waals surface area contributed by atoms with E-state index in [0.29, 0.717) is 17.4 Å². The summed E-state index contributed by atoms with van der Waals surface area (Å²) >= 11 is 0. The Bertz CT molecular complexity index is 600. The molecule has 0 radical (unpaired) electrons. The van der Waals surface area contributed by atoms with E-state index in [4.69, 9.17) is 9.47 Å². The molecule has 20 heavy (non-hydrogen) atoms. The van der Waals surface area contributed by atoms with Gasteiger partial charge < -0.3 is 14.8 Å². The van der Waals surface area contributed by atoms with Gasteiger partial charge in [0.05, 0.1) is 19.9 Å². The highest BCUT2D eigenvalue weighted by Crippen LogP contribution is 2.37. The monoisotopic (exact) mass is 273 g/mol. The van der Waals surface area contributed by atoms with Crippen molar-refractivity contribution in [3.05, 3.63) is 30.0 Å². The quantitative estimate of drug-likeness (QED) is 0.907. The molecular formula is C15H19N3O2. The maximum Gasteiger partial charge on any atom is 0.223 e. The highest BCUT2D eigenvalue weighted by Gasteiger charge is 2.13. The molecule has 0 aliphatic heterocycles. The van der Waals surface area contributed by atoms with Crippen molar-refractivity contribution in [2.75, 3.05) is 26.1 Å². The average Bonchev–Trinajstić information content (AvgIpc) is 2.46. The van der Waals surface area contributed by atoms with Gasteiger partial charge >= 0.3 is 0 Å². The molecule has 0 aliphatic carbocycles. The zero-order valence-electron chi connectivity index (χ0n) is 12.2. The number of anilines is 1. The summed E-state index contributed by atoms with van der Waals surface area (Å²) in [7, 11) is 3.25. The van der Waals surface area contributed by atoms with Gasteiger partial charge in [0, 0.05) is 17.8 Å². The van der Waals surface area contributed by atoms with Gasteiger partial charge in [0.1, 0.15) is 0 Å². The van der Waals surface area contributed by atoms with Crippen LogP contribution in [0.4, 0.5) is 5.95 Å². The lowest BCUT2D eigenvalue weighted by Crippen LogP contribution is -2.04. The van der Waals surface area contributed by atoms with Gasteiger partial charge in [0.25, 0.3) is 0 Å². The number of hydrogen-bond donors (Lipinski definition) is 1. The second-order valence-corrected chi connectivity index (χ2v) is 4.29. The van der Waals surface area contributed by atoms with Gasteiger partial charge in [-0.3, -0.25) is 0 Å². The Morgan fingerprint density at radius 1 is 1.15 bits per heavy atom. The van der Waals surface area contributed by atoms with Crippen LogP contribution in [0.2, 0.25) is 0 Å². The molecule has 0 saturated heterocycles. The van der Waals surface area contributed by atoms with Crippen LogP contribution >= 0.6 is 0 Å². The fourth-order valence-corrected chi connectivity index (χ4v) is 2.03. The molecule has 0 unspecified atom stereocenters. The van der Waals surface area contributed by atoms with Crippen LogP contribution in [-0.4, -0.2) is 30.7 Å². The van der Waals surface area contributed by atoms with Crippen LogP contribution in [0.25, 0.3) is 11.3 Å². The summed E-state index contributed by atoms with van der Waals surface area (Å²) in [5.74, 6) is 1.98. The lowest BCUT2D eigenvalue weighted by molar-refractivity contribution is 0.356. The smallest absolute Gasteiger partial charge is 0.223 e. The minimum absolute atomic E-state index is 0.618. The number of ether oxygens (including phenoxy) is 2. The number of hydrogen-bond acceptors (Lipinski definition) is 5. The number of aromatic nitrogens is 2. The van der Waals surface area contributed by atoms with Gasteiger partial charge in [-0.05, 0) is 32.0 Å². The van der Waals surface area contributed by atoms with Crippen LogP contribution < -0.4 is 14.8 Å². The summed E-state index contributed by atoms with van der Waals surface area (Å²) in [6.45, 7) is 4.73. The number of aryl methyl sites for hydroxylation is 1. The van der Waals surface area contributed by atoms with Crippen LogP contribution in [0.15, 0.2) is 24.3 Å². The first-order chi connectivity index (χ1) is 9.69. The van der Waals surface area contributed by atoms with E-state index >= 15 is 0 Å². The molecule has 1 heterocycles. The zero-order chi connectivity index (χ0) is 14.5. The predicted molar refractivity (Wildman–Crippen MR) is 79.5 cm³/mol. The molecule has 0 atom stereocenters. The van der Waals surface area contributed by atoms with Crippen molar-refractivity contribution >= 4 is 5.95 Å². The highest BCUT2D eigenvalue weighted by molar-refractivity contribution is 5.72. The van der Waals surface area contributed by atoms with Crippen LogP contribution in [-0.2, 0) is 0 Å². The fourth-order valence-electron chi connectivity index (χ4n) is 2.03. The minimum Gasteiger partial charge on any atom is -0.493 e. The fraction of sp³-hybridized carbons (Fsp3) is 0.333. The molecule has 0 fully saturated rings. The zero-order valence-corrected chi connectivity index (χ0v) is 12.2. The van der Waals surface area contributed by atoms with E-state index in [1.165, 1.54) is 0 Å². The third-order valence-corrected chi connectivity index (χ3v) is 2.87. The van der Waals surface area contributed by atoms with Crippen molar-refractivity contribution in [2.24, 2.45) is 0 Å². The number of nitrogens with one attached hydrogen (secondary N) is 1. The lowest BCUT2D eigenvalue weighted by atomic mass is 10.1. The van der Waals surface area contributed by atoms with Crippen molar-refractivity contribution in [2.45, 2.75) is 13.8 Å². The highest BCUT2D eigenvalue weighted by atomic mass is 16.5. The summed E-state index contributed by atoms with van der Waals surface area (Å²) in [5.41, 5.74) is 2.59. The average molecular weight is 273 g/mol. The van der Waals surface area contributed by atoms with E-state index in [1.807, 2.05) is 38.1 Å². The number of benzene rings is 1. The van der Waals surface area contributed by atoms with Crippen molar-refractivity contribution in [3.63, 3.8) is 0 Å². The van der Waals surface area contributed by atoms with Gasteiger partial charge in [-0.25, -0.2) is 9.97 Å². The van der Waals surface area contributed by atoms with Crippen LogP contribution in [0.1, 0.15) is 12.6 Å². The number of methoxy groups -OCH3 is 2. The van der Waals surface area contributed by atoms with Crippen molar-refractivity contribution in [1.82, 2.24) is 9.97 Å². The first-order valence-corrected chi connectivity index (χ1v) is 6.50. The van der Waals surface area contributed by atoms with Crippen molar-refractivity contribution < 1.29 is 9.47 Å². The third-order valence-electron chi connectivity index (χ3n) is 2.87. The molecule has 0 spiro atoms. The molecule has 5 heteroatoms. The molecule has 106 valence electrons. The Morgan fingerprint density at radius 2 is 1.95 bits per heavy atom. The number of rotatable bonds is 5. The Hall–Kier alpha value is -2.30. The van der Waals surface area contributed by atoms with Crippen LogP contribution in [0.5, 0.6) is 11.5 Å². The maximum absolute atomic E-state index is 5.46. The van der Waals surface area contributed by atoms with E-state index in [1.54, 1.807) is 14.2 Å². The van der Waals surface area contributed by atoms with E-state index in [-0.39, 0.29) is 0 Å². The van der Waals surface area contributed by atoms with Crippen LogP contribution in [0, 0.1) is 6.92 Å². The van der Waals surface area contributed by atoms with Gasteiger partial charge in [-0.1, -0.05) is 6.07 Å². The van der Waals surface area contributed by atoms with Gasteiger partial charge in [-0.2, -0.15) is 0 Å². The Balaban J connectivity index is 2.56. The molecule has 1 aromatic carbocycles. The Morgan fingerprint density at radius 3 is 2.60 bits per heavy atom. The number of nitrogens with zero attached hydrogens (tertiary/aromatic N) is 2. The van der Waals surface area contributed by atoms with Gasteiger partial charge in [0.2, 0.25) is 5.95 Å². The summed E-state index contributed by atoms with van der Waals surface area (Å²) in [6, 6.07) is 7.67. The Kier molecular flexibility index (Phi) is 4.40. The molecule has 0 saturated carbocycles. The number of para-hydroxylation sites is 1. The topological polar surface area (TPSA) is 56.3 Å². The summed E-state index contributed by atoms with van der Waals surface area (Å²) < 4.78 is 10.8. The van der Waals surface area contributed by atoms with Gasteiger partial charge in [0.15, 0.2) is 11.5 Å². The van der Waals surface area contributed by atoms with E-state index < -0.39 is 0 Å². The molecule has 0 aliphatic rings. The first kappa shape index (κ1) is 14.1. The SMILES string of the molecule is CCNc1nc(C)cc(-c2cccc(OC)c2OC)n1. The second kappa shape index (κ2) is 6.23. The van der Waals surface area contributed by atoms with E-state index in [2.05, 4.69) is 15.3 Å². The molecular weight excluding hydrogens is 254 g/mol. The summed E-state index contributed by atoms with van der Waals surface area (Å²) in [6.07, 6.45) is 0. The lowest BCUT2D eigenvalue weighted by Gasteiger charge is -2.13. The summed E-state index contributed by atoms with van der Waals surface area (Å²) in [5, 5.41) is 3.13. The normalized spacial score (nSPS) is 10.2. The maximum atomic E-state index is 5.46. The molecule has 2 aromatic rings. The standard InChI is InChI=1S/C15H19N3O2/c1-5-16-15-17-10(2)9-12(18-15)11-7-6-8-13(19-3)14(11)20-4/h6-9H,5H2,1-4H3,(H,16,17,18). The first-order valence-electron chi connectivity index (χ1n) is 6.50.